The van der Waals surface area contributed by atoms with Crippen LogP contribution in [0.4, 0.5) is 0 Å². The van der Waals surface area contributed by atoms with Gasteiger partial charge in [-0.2, -0.15) is 5.26 Å². The van der Waals surface area contributed by atoms with Gasteiger partial charge in [0.05, 0.1) is 11.6 Å². The largest absolute Gasteiger partial charge is 0.457 e. The van der Waals surface area contributed by atoms with Gasteiger partial charge in [0.15, 0.2) is 0 Å². The van der Waals surface area contributed by atoms with Crippen LogP contribution in [0.2, 0.25) is 0 Å². The highest BCUT2D eigenvalue weighted by Crippen LogP contribution is 2.31. The second-order valence-corrected chi connectivity index (χ2v) is 6.08. The second-order valence-electron chi connectivity index (χ2n) is 5.22. The maximum atomic E-state index is 9.37. The van der Waals surface area contributed by atoms with Crippen LogP contribution in [0.15, 0.2) is 69.6 Å². The number of aryl methyl sites for hydroxylation is 1. The van der Waals surface area contributed by atoms with E-state index in [0.717, 1.165) is 21.4 Å². The molecule has 2 nitrogen and oxygen atoms in total. The molecule has 0 N–H and O–H groups in total. The smallest absolute Gasteiger partial charge is 0.135 e. The van der Waals surface area contributed by atoms with Crippen LogP contribution < -0.4 is 0 Å². The zero-order chi connectivity index (χ0) is 16.2. The predicted molar refractivity (Wildman–Crippen MR) is 96.5 cm³/mol. The van der Waals surface area contributed by atoms with Crippen LogP contribution in [0.1, 0.15) is 16.9 Å². The van der Waals surface area contributed by atoms with Crippen molar-refractivity contribution < 1.29 is 4.42 Å². The monoisotopic (exact) mass is 363 g/mol. The van der Waals surface area contributed by atoms with Crippen molar-refractivity contribution in [1.82, 2.24) is 0 Å². The third-order valence-electron chi connectivity index (χ3n) is 3.51. The van der Waals surface area contributed by atoms with Crippen LogP contribution in [-0.4, -0.2) is 0 Å². The van der Waals surface area contributed by atoms with Gasteiger partial charge in [-0.25, -0.2) is 0 Å². The Morgan fingerprint density at radius 2 is 1.87 bits per heavy atom. The number of allylic oxidation sites excluding steroid dienone is 1. The molecule has 0 aliphatic carbocycles. The number of furan rings is 1. The van der Waals surface area contributed by atoms with Gasteiger partial charge in [-0.15, -0.1) is 0 Å². The van der Waals surface area contributed by atoms with E-state index >= 15 is 0 Å². The SMILES string of the molecule is Cc1ccc(-c2ccc(C=C(C#N)c3ccccc3)o2)c(Br)c1. The summed E-state index contributed by atoms with van der Waals surface area (Å²) in [5.41, 5.74) is 3.63. The lowest BCUT2D eigenvalue weighted by Crippen LogP contribution is -1.80. The minimum absolute atomic E-state index is 0.578. The van der Waals surface area contributed by atoms with Crippen molar-refractivity contribution in [3.05, 3.63) is 82.0 Å². The zero-order valence-electron chi connectivity index (χ0n) is 12.6. The Labute approximate surface area is 143 Å². The average Bonchev–Trinajstić information content (AvgIpc) is 3.01. The molecule has 0 radical (unpaired) electrons. The van der Waals surface area contributed by atoms with E-state index in [1.165, 1.54) is 5.56 Å². The van der Waals surface area contributed by atoms with Crippen LogP contribution in [0.25, 0.3) is 23.0 Å². The van der Waals surface area contributed by atoms with E-state index in [1.54, 1.807) is 6.08 Å². The average molecular weight is 364 g/mol. The molecule has 2 aromatic carbocycles. The van der Waals surface area contributed by atoms with E-state index in [9.17, 15) is 5.26 Å². The number of hydrogen-bond donors (Lipinski definition) is 0. The van der Waals surface area contributed by atoms with E-state index in [0.29, 0.717) is 11.3 Å². The van der Waals surface area contributed by atoms with Gasteiger partial charge in [0.2, 0.25) is 0 Å². The lowest BCUT2D eigenvalue weighted by molar-refractivity contribution is 0.571. The van der Waals surface area contributed by atoms with Crippen LogP contribution in [0.3, 0.4) is 0 Å². The Kier molecular flexibility index (Phi) is 4.45. The maximum Gasteiger partial charge on any atom is 0.135 e. The molecule has 1 aromatic heterocycles. The summed E-state index contributed by atoms with van der Waals surface area (Å²) < 4.78 is 6.88. The second kappa shape index (κ2) is 6.68. The summed E-state index contributed by atoms with van der Waals surface area (Å²) in [6, 6.07) is 21.7. The van der Waals surface area contributed by atoms with Crippen LogP contribution in [0, 0.1) is 18.3 Å². The van der Waals surface area contributed by atoms with Gasteiger partial charge in [0, 0.05) is 10.0 Å². The lowest BCUT2D eigenvalue weighted by atomic mass is 10.1. The highest BCUT2D eigenvalue weighted by atomic mass is 79.9. The van der Waals surface area contributed by atoms with Crippen LogP contribution >= 0.6 is 15.9 Å². The summed E-state index contributed by atoms with van der Waals surface area (Å²) in [6.45, 7) is 2.05. The number of halogens is 1. The number of benzene rings is 2. The van der Waals surface area contributed by atoms with E-state index in [1.807, 2.05) is 61.5 Å². The summed E-state index contributed by atoms with van der Waals surface area (Å²) in [5.74, 6) is 1.43. The Bertz CT molecular complexity index is 901. The van der Waals surface area contributed by atoms with Gasteiger partial charge in [0.1, 0.15) is 11.5 Å². The summed E-state index contributed by atoms with van der Waals surface area (Å²) in [6.07, 6.45) is 1.76. The van der Waals surface area contributed by atoms with E-state index in [4.69, 9.17) is 4.42 Å². The van der Waals surface area contributed by atoms with E-state index in [-0.39, 0.29) is 0 Å². The normalized spacial score (nSPS) is 11.3. The molecule has 3 rings (SSSR count). The first kappa shape index (κ1) is 15.3. The van der Waals surface area contributed by atoms with Gasteiger partial charge in [0.25, 0.3) is 0 Å². The topological polar surface area (TPSA) is 36.9 Å². The molecule has 23 heavy (non-hydrogen) atoms. The number of nitrogens with zero attached hydrogens (tertiary/aromatic N) is 1. The zero-order valence-corrected chi connectivity index (χ0v) is 14.2. The molecule has 0 aliphatic rings. The highest BCUT2D eigenvalue weighted by molar-refractivity contribution is 9.10. The molecule has 0 atom stereocenters. The molecule has 0 fully saturated rings. The molecule has 112 valence electrons. The van der Waals surface area contributed by atoms with Gasteiger partial charge < -0.3 is 4.42 Å². The molecule has 0 saturated carbocycles. The molecule has 3 heteroatoms. The summed E-state index contributed by atoms with van der Waals surface area (Å²) in [4.78, 5) is 0. The predicted octanol–water partition coefficient (Wildman–Crippen LogP) is 6.08. The molecule has 3 aromatic rings. The quantitative estimate of drug-likeness (QED) is 0.528. The van der Waals surface area contributed by atoms with Gasteiger partial charge in [-0.3, -0.25) is 0 Å². The Balaban J connectivity index is 1.96. The molecule has 0 aliphatic heterocycles. The molecule has 0 bridgehead atoms. The first-order valence-corrected chi connectivity index (χ1v) is 8.00. The molecule has 0 saturated heterocycles. The van der Waals surface area contributed by atoms with Gasteiger partial charge in [-0.05, 0) is 48.4 Å². The third kappa shape index (κ3) is 3.44. The van der Waals surface area contributed by atoms with Crippen molar-refractivity contribution in [2.75, 3.05) is 0 Å². The first-order valence-electron chi connectivity index (χ1n) is 7.21. The van der Waals surface area contributed by atoms with Crippen molar-refractivity contribution >= 4 is 27.6 Å². The number of hydrogen-bond acceptors (Lipinski definition) is 2. The molecule has 0 unspecified atom stereocenters. The molecule has 0 amide bonds. The van der Waals surface area contributed by atoms with E-state index in [2.05, 4.69) is 28.1 Å². The molecule has 0 spiro atoms. The summed E-state index contributed by atoms with van der Waals surface area (Å²) in [5, 5.41) is 9.37. The molecular formula is C20H14BrNO. The fourth-order valence-corrected chi connectivity index (χ4v) is 3.02. The van der Waals surface area contributed by atoms with Crippen molar-refractivity contribution in [1.29, 1.82) is 5.26 Å². The summed E-state index contributed by atoms with van der Waals surface area (Å²) in [7, 11) is 0. The number of nitriles is 1. The van der Waals surface area contributed by atoms with Gasteiger partial charge >= 0.3 is 0 Å². The highest BCUT2D eigenvalue weighted by Gasteiger charge is 2.09. The van der Waals surface area contributed by atoms with Crippen LogP contribution in [-0.2, 0) is 0 Å². The number of rotatable bonds is 3. The fraction of sp³-hybridized carbons (Fsp3) is 0.0500. The molecular weight excluding hydrogens is 350 g/mol. The lowest BCUT2D eigenvalue weighted by Gasteiger charge is -2.02. The van der Waals surface area contributed by atoms with Crippen molar-refractivity contribution in [3.63, 3.8) is 0 Å². The fourth-order valence-electron chi connectivity index (χ4n) is 2.34. The van der Waals surface area contributed by atoms with Crippen LogP contribution in [0.5, 0.6) is 0 Å². The maximum absolute atomic E-state index is 9.37. The van der Waals surface area contributed by atoms with Crippen molar-refractivity contribution in [2.24, 2.45) is 0 Å². The minimum atomic E-state index is 0.578. The van der Waals surface area contributed by atoms with Crippen molar-refractivity contribution in [3.8, 4) is 17.4 Å². The Morgan fingerprint density at radius 1 is 1.09 bits per heavy atom. The van der Waals surface area contributed by atoms with E-state index < -0.39 is 0 Å². The third-order valence-corrected chi connectivity index (χ3v) is 4.16. The first-order chi connectivity index (χ1) is 11.2. The molecule has 1 heterocycles. The van der Waals surface area contributed by atoms with Crippen molar-refractivity contribution in [2.45, 2.75) is 6.92 Å². The summed E-state index contributed by atoms with van der Waals surface area (Å²) >= 11 is 3.57. The standard InChI is InChI=1S/C20H14BrNO/c1-14-7-9-18(19(21)11-14)20-10-8-17(23-20)12-16(13-22)15-5-3-2-4-6-15/h2-12H,1H3. The Morgan fingerprint density at radius 3 is 2.57 bits per heavy atom. The van der Waals surface area contributed by atoms with Gasteiger partial charge in [-0.1, -0.05) is 52.3 Å². The Hall–Kier alpha value is -2.57. The minimum Gasteiger partial charge on any atom is -0.457 e.